The van der Waals surface area contributed by atoms with E-state index in [0.29, 0.717) is 29.9 Å². The Labute approximate surface area is 237 Å². The maximum Gasteiger partial charge on any atom is 0.201 e. The second-order valence-electron chi connectivity index (χ2n) is 11.9. The summed E-state index contributed by atoms with van der Waals surface area (Å²) in [6.07, 6.45) is 4.41. The van der Waals surface area contributed by atoms with Crippen LogP contribution in [0.1, 0.15) is 52.0 Å². The molecule has 1 N–H and O–H groups in total. The van der Waals surface area contributed by atoms with Crippen molar-refractivity contribution >= 4 is 34.0 Å². The van der Waals surface area contributed by atoms with Gasteiger partial charge in [0.15, 0.2) is 18.2 Å². The van der Waals surface area contributed by atoms with Crippen LogP contribution in [0.4, 0.5) is 15.9 Å². The minimum absolute atomic E-state index is 0.0383. The lowest BCUT2D eigenvalue weighted by molar-refractivity contribution is -0.577. The average molecular weight is 570 g/mol. The Morgan fingerprint density at radius 3 is 2.80 bits per heavy atom. The molecule has 1 spiro atoms. The van der Waals surface area contributed by atoms with Crippen LogP contribution in [0, 0.1) is 29.5 Å². The third-order valence-corrected chi connectivity index (χ3v) is 9.68. The summed E-state index contributed by atoms with van der Waals surface area (Å²) in [5.74, 6) is 0.402. The Morgan fingerprint density at radius 1 is 1.07 bits per heavy atom. The van der Waals surface area contributed by atoms with Gasteiger partial charge in [0.25, 0.3) is 0 Å². The topological polar surface area (TPSA) is 84.0 Å². The maximum atomic E-state index is 13.6. The number of hydrogen-bond donors (Lipinski definition) is 1. The van der Waals surface area contributed by atoms with Crippen molar-refractivity contribution in [2.24, 2.45) is 23.7 Å². The number of rotatable bonds is 5. The molecule has 8 nitrogen and oxygen atoms in total. The lowest BCUT2D eigenvalue weighted by Crippen LogP contribution is -2.70. The zero-order chi connectivity index (χ0) is 27.6. The Morgan fingerprint density at radius 2 is 1.95 bits per heavy atom. The molecule has 0 radical (unpaired) electrons. The van der Waals surface area contributed by atoms with Gasteiger partial charge in [-0.2, -0.15) is 0 Å². The number of hydrogen-bond acceptors (Lipinski definition) is 8. The predicted octanol–water partition coefficient (Wildman–Crippen LogP) is 6.89. The lowest BCUT2D eigenvalue weighted by atomic mass is 9.58. The first-order valence-corrected chi connectivity index (χ1v) is 14.4. The molecule has 0 unspecified atom stereocenters. The molecule has 2 bridgehead atoms. The van der Waals surface area contributed by atoms with Crippen molar-refractivity contribution in [3.8, 4) is 0 Å². The Bertz CT molecular complexity index is 1450. The molecule has 8 rings (SSSR count). The van der Waals surface area contributed by atoms with Crippen molar-refractivity contribution in [1.82, 2.24) is 9.97 Å². The fourth-order valence-corrected chi connectivity index (χ4v) is 7.43. The van der Waals surface area contributed by atoms with Crippen LogP contribution in [0.2, 0.25) is 5.02 Å². The number of nitrogens with zero attached hydrogens (tertiary/aromatic N) is 2. The van der Waals surface area contributed by atoms with Crippen molar-refractivity contribution in [2.75, 3.05) is 5.32 Å². The third-order valence-electron chi connectivity index (χ3n) is 9.39. The summed E-state index contributed by atoms with van der Waals surface area (Å²) in [5, 5.41) is 4.08. The minimum atomic E-state index is -0.820. The van der Waals surface area contributed by atoms with Gasteiger partial charge in [0.05, 0.1) is 17.1 Å². The highest BCUT2D eigenvalue weighted by molar-refractivity contribution is 6.31. The first-order chi connectivity index (χ1) is 19.3. The largest absolute Gasteiger partial charge is 0.348 e. The number of aromatic nitrogens is 2. The SMILES string of the molecule is C[C@H]1[C@H](OCc2ccc3ncnc(Nc4ccc(F)c(Cl)c4)c3c2)O[C@@H]2O[C@@]3(C)CC[C@H]4[C@H](C)CC[C@@H]1[C@@]24OO3. The van der Waals surface area contributed by atoms with E-state index in [1.807, 2.05) is 25.1 Å². The number of halogens is 2. The number of anilines is 2. The molecule has 10 heteroatoms. The molecule has 1 aromatic heterocycles. The maximum absolute atomic E-state index is 13.6. The molecule has 5 fully saturated rings. The van der Waals surface area contributed by atoms with Gasteiger partial charge in [-0.3, -0.25) is 0 Å². The monoisotopic (exact) mass is 569 g/mol. The highest BCUT2D eigenvalue weighted by atomic mass is 35.5. The van der Waals surface area contributed by atoms with E-state index >= 15 is 0 Å². The van der Waals surface area contributed by atoms with Gasteiger partial charge in [0.2, 0.25) is 5.79 Å². The first kappa shape index (κ1) is 26.5. The van der Waals surface area contributed by atoms with E-state index < -0.39 is 29.8 Å². The van der Waals surface area contributed by atoms with E-state index in [-0.39, 0.29) is 16.9 Å². The quantitative estimate of drug-likeness (QED) is 0.333. The average Bonchev–Trinajstić information content (AvgIpc) is 3.18. The van der Waals surface area contributed by atoms with Crippen molar-refractivity contribution in [3.05, 3.63) is 59.1 Å². The molecule has 3 aromatic rings. The normalized spacial score (nSPS) is 36.7. The second kappa shape index (κ2) is 9.86. The van der Waals surface area contributed by atoms with E-state index in [4.69, 9.17) is 35.6 Å². The van der Waals surface area contributed by atoms with E-state index in [1.165, 1.54) is 18.5 Å². The smallest absolute Gasteiger partial charge is 0.201 e. The first-order valence-electron chi connectivity index (χ1n) is 14.0. The summed E-state index contributed by atoms with van der Waals surface area (Å²) in [7, 11) is 0. The van der Waals surface area contributed by atoms with Gasteiger partial charge in [-0.05, 0) is 73.9 Å². The summed E-state index contributed by atoms with van der Waals surface area (Å²) in [4.78, 5) is 21.0. The van der Waals surface area contributed by atoms with Crippen LogP contribution in [0.15, 0.2) is 42.7 Å². The number of fused-ring (bicyclic) bond motifs is 3. The van der Waals surface area contributed by atoms with Crippen LogP contribution in [-0.2, 0) is 30.6 Å². The van der Waals surface area contributed by atoms with Crippen LogP contribution in [-0.4, -0.2) is 33.9 Å². The minimum Gasteiger partial charge on any atom is -0.348 e. The van der Waals surface area contributed by atoms with Crippen molar-refractivity contribution in [2.45, 2.75) is 77.0 Å². The zero-order valence-corrected chi connectivity index (χ0v) is 23.5. The standard InChI is InChI=1S/C30H33ClFN3O5/c1-16-4-7-22-17(2)27(37-28-30(22)21(16)10-11-29(3,38-28)39-40-30)36-14-18-5-9-25-20(12-18)26(34-15-33-25)35-19-6-8-24(32)23(31)13-19/h5-6,8-9,12-13,15-17,21-22,27-28H,4,7,10-11,14H2,1-3H3,(H,33,34,35)/t16-,17-,21+,22+,27-,28-,29-,30-/m1/s1. The Kier molecular flexibility index (Phi) is 6.53. The highest BCUT2D eigenvalue weighted by Crippen LogP contribution is 2.60. The van der Waals surface area contributed by atoms with Crippen LogP contribution in [0.3, 0.4) is 0 Å². The zero-order valence-electron chi connectivity index (χ0n) is 22.7. The van der Waals surface area contributed by atoms with Gasteiger partial charge in [0, 0.05) is 29.3 Å². The van der Waals surface area contributed by atoms with Gasteiger partial charge in [-0.25, -0.2) is 24.1 Å². The number of nitrogens with one attached hydrogen (secondary N) is 1. The summed E-state index contributed by atoms with van der Waals surface area (Å²) in [6, 6.07) is 10.4. The van der Waals surface area contributed by atoms with E-state index in [2.05, 4.69) is 29.1 Å². The molecule has 0 amide bonds. The Hall–Kier alpha value is -2.40. The molecule has 1 saturated carbocycles. The van der Waals surface area contributed by atoms with Crippen LogP contribution >= 0.6 is 11.6 Å². The summed E-state index contributed by atoms with van der Waals surface area (Å²) < 4.78 is 33.1. The van der Waals surface area contributed by atoms with Gasteiger partial charge in [-0.15, -0.1) is 0 Å². The Balaban J connectivity index is 1.12. The van der Waals surface area contributed by atoms with Crippen molar-refractivity contribution in [1.29, 1.82) is 0 Å². The fourth-order valence-electron chi connectivity index (χ4n) is 7.24. The summed E-state index contributed by atoms with van der Waals surface area (Å²) in [6.45, 7) is 6.75. The van der Waals surface area contributed by atoms with E-state index in [9.17, 15) is 4.39 Å². The second-order valence-corrected chi connectivity index (χ2v) is 12.3. The van der Waals surface area contributed by atoms with Crippen LogP contribution in [0.25, 0.3) is 10.9 Å². The molecule has 5 aliphatic rings. The number of benzene rings is 2. The van der Waals surface area contributed by atoms with Gasteiger partial charge in [-0.1, -0.05) is 31.5 Å². The fraction of sp³-hybridized carbons (Fsp3) is 0.533. The molecule has 4 saturated heterocycles. The van der Waals surface area contributed by atoms with Gasteiger partial charge >= 0.3 is 0 Å². The molecule has 40 heavy (non-hydrogen) atoms. The molecule has 8 atom stereocenters. The van der Waals surface area contributed by atoms with E-state index in [1.54, 1.807) is 6.07 Å². The number of ether oxygens (including phenoxy) is 3. The molecule has 4 aliphatic heterocycles. The molecule has 212 valence electrons. The van der Waals surface area contributed by atoms with Crippen molar-refractivity contribution < 1.29 is 28.4 Å². The van der Waals surface area contributed by atoms with Gasteiger partial charge in [0.1, 0.15) is 18.0 Å². The summed E-state index contributed by atoms with van der Waals surface area (Å²) in [5.41, 5.74) is 1.74. The van der Waals surface area contributed by atoms with Crippen LogP contribution < -0.4 is 5.32 Å². The third kappa shape index (κ3) is 4.30. The van der Waals surface area contributed by atoms with Crippen LogP contribution in [0.5, 0.6) is 0 Å². The van der Waals surface area contributed by atoms with E-state index in [0.717, 1.165) is 42.1 Å². The molecular formula is C30H33ClFN3O5. The summed E-state index contributed by atoms with van der Waals surface area (Å²) >= 11 is 5.97. The molecule has 1 aliphatic carbocycles. The van der Waals surface area contributed by atoms with Gasteiger partial charge < -0.3 is 19.5 Å². The molecular weight excluding hydrogens is 537 g/mol. The molecule has 5 heterocycles. The van der Waals surface area contributed by atoms with Crippen molar-refractivity contribution in [3.63, 3.8) is 0 Å². The highest BCUT2D eigenvalue weighted by Gasteiger charge is 2.69. The predicted molar refractivity (Wildman–Crippen MR) is 146 cm³/mol. The lowest BCUT2D eigenvalue weighted by Gasteiger charge is -2.60. The molecule has 2 aromatic carbocycles.